The van der Waals surface area contributed by atoms with Gasteiger partial charge in [0, 0.05) is 38.3 Å². The van der Waals surface area contributed by atoms with Gasteiger partial charge < -0.3 is 5.11 Å². The SMILES string of the molecule is O=C(O)CCN(C1CC1)C1CCN(Cc2ccccc2)C1. The van der Waals surface area contributed by atoms with Crippen LogP contribution in [-0.2, 0) is 11.3 Å². The van der Waals surface area contributed by atoms with Crippen LogP contribution in [0.5, 0.6) is 0 Å². The molecule has 2 fully saturated rings. The van der Waals surface area contributed by atoms with Gasteiger partial charge in [-0.1, -0.05) is 30.3 Å². The molecule has 1 N–H and O–H groups in total. The van der Waals surface area contributed by atoms with E-state index < -0.39 is 5.97 Å². The molecule has 0 aromatic heterocycles. The van der Waals surface area contributed by atoms with Gasteiger partial charge in [-0.2, -0.15) is 0 Å². The predicted octanol–water partition coefficient (Wildman–Crippen LogP) is 2.20. The van der Waals surface area contributed by atoms with Crippen LogP contribution in [0.1, 0.15) is 31.2 Å². The second kappa shape index (κ2) is 6.58. The van der Waals surface area contributed by atoms with Gasteiger partial charge in [0.2, 0.25) is 0 Å². The Morgan fingerprint density at radius 2 is 1.95 bits per heavy atom. The molecule has 0 amide bonds. The molecule has 114 valence electrons. The number of carbonyl (C=O) groups is 1. The highest BCUT2D eigenvalue weighted by atomic mass is 16.4. The lowest BCUT2D eigenvalue weighted by Gasteiger charge is -2.28. The number of carboxylic acid groups (broad SMARTS) is 1. The Balaban J connectivity index is 1.53. The van der Waals surface area contributed by atoms with Gasteiger partial charge in [0.25, 0.3) is 0 Å². The van der Waals surface area contributed by atoms with Gasteiger partial charge in [-0.15, -0.1) is 0 Å². The van der Waals surface area contributed by atoms with Crippen molar-refractivity contribution in [2.45, 2.75) is 44.3 Å². The van der Waals surface area contributed by atoms with Crippen molar-refractivity contribution in [3.8, 4) is 0 Å². The summed E-state index contributed by atoms with van der Waals surface area (Å²) < 4.78 is 0. The average molecular weight is 288 g/mol. The van der Waals surface area contributed by atoms with Gasteiger partial charge in [0.05, 0.1) is 6.42 Å². The monoisotopic (exact) mass is 288 g/mol. The molecule has 1 aliphatic heterocycles. The van der Waals surface area contributed by atoms with E-state index in [1.54, 1.807) is 0 Å². The van der Waals surface area contributed by atoms with Gasteiger partial charge in [-0.05, 0) is 24.8 Å². The molecule has 4 heteroatoms. The zero-order valence-electron chi connectivity index (χ0n) is 12.4. The smallest absolute Gasteiger partial charge is 0.304 e. The molecular formula is C17H24N2O2. The van der Waals surface area contributed by atoms with Gasteiger partial charge in [0.1, 0.15) is 0 Å². The molecule has 1 atom stereocenters. The van der Waals surface area contributed by atoms with Crippen LogP contribution in [0.3, 0.4) is 0 Å². The minimum absolute atomic E-state index is 0.270. The normalized spacial score (nSPS) is 22.8. The lowest BCUT2D eigenvalue weighted by atomic mass is 10.2. The van der Waals surface area contributed by atoms with Crippen LogP contribution in [0.2, 0.25) is 0 Å². The molecule has 1 saturated carbocycles. The maximum Gasteiger partial charge on any atom is 0.304 e. The first-order valence-corrected chi connectivity index (χ1v) is 7.96. The molecule has 1 heterocycles. The average Bonchev–Trinajstić information content (AvgIpc) is 3.20. The Kier molecular flexibility index (Phi) is 4.56. The van der Waals surface area contributed by atoms with Gasteiger partial charge >= 0.3 is 5.97 Å². The third kappa shape index (κ3) is 4.05. The van der Waals surface area contributed by atoms with E-state index in [4.69, 9.17) is 5.11 Å². The van der Waals surface area contributed by atoms with Crippen LogP contribution in [-0.4, -0.2) is 52.6 Å². The summed E-state index contributed by atoms with van der Waals surface area (Å²) in [5.74, 6) is -0.681. The van der Waals surface area contributed by atoms with Gasteiger partial charge in [0.15, 0.2) is 0 Å². The predicted molar refractivity (Wildman–Crippen MR) is 82.1 cm³/mol. The van der Waals surface area contributed by atoms with Crippen LogP contribution in [0, 0.1) is 0 Å². The fourth-order valence-corrected chi connectivity index (χ4v) is 3.36. The number of hydrogen-bond donors (Lipinski definition) is 1. The molecule has 1 aromatic carbocycles. The number of nitrogens with zero attached hydrogens (tertiary/aromatic N) is 2. The lowest BCUT2D eigenvalue weighted by molar-refractivity contribution is -0.137. The molecule has 1 aromatic rings. The van der Waals surface area contributed by atoms with Crippen LogP contribution >= 0.6 is 0 Å². The number of benzene rings is 1. The van der Waals surface area contributed by atoms with E-state index in [2.05, 4.69) is 40.1 Å². The molecule has 1 unspecified atom stereocenters. The van der Waals surface area contributed by atoms with Crippen molar-refractivity contribution in [2.24, 2.45) is 0 Å². The summed E-state index contributed by atoms with van der Waals surface area (Å²) >= 11 is 0. The highest BCUT2D eigenvalue weighted by molar-refractivity contribution is 5.66. The number of likely N-dealkylation sites (tertiary alicyclic amines) is 1. The number of carboxylic acids is 1. The van der Waals surface area contributed by atoms with Crippen molar-refractivity contribution in [3.05, 3.63) is 35.9 Å². The van der Waals surface area contributed by atoms with Crippen molar-refractivity contribution in [1.29, 1.82) is 0 Å². The Hall–Kier alpha value is -1.39. The molecule has 21 heavy (non-hydrogen) atoms. The maximum absolute atomic E-state index is 10.8. The van der Waals surface area contributed by atoms with Gasteiger partial charge in [-0.3, -0.25) is 14.6 Å². The molecule has 0 bridgehead atoms. The highest BCUT2D eigenvalue weighted by Crippen LogP contribution is 2.31. The third-order valence-electron chi connectivity index (χ3n) is 4.57. The summed E-state index contributed by atoms with van der Waals surface area (Å²) in [5, 5.41) is 8.92. The summed E-state index contributed by atoms with van der Waals surface area (Å²) in [6.07, 6.45) is 3.93. The van der Waals surface area contributed by atoms with E-state index in [0.29, 0.717) is 18.6 Å². The first kappa shape index (κ1) is 14.5. The summed E-state index contributed by atoms with van der Waals surface area (Å²) in [5.41, 5.74) is 1.36. The second-order valence-corrected chi connectivity index (χ2v) is 6.28. The van der Waals surface area contributed by atoms with Crippen LogP contribution < -0.4 is 0 Å². The van der Waals surface area contributed by atoms with Crippen LogP contribution in [0.15, 0.2) is 30.3 Å². The number of aliphatic carboxylic acids is 1. The molecule has 4 nitrogen and oxygen atoms in total. The topological polar surface area (TPSA) is 43.8 Å². The number of rotatable bonds is 7. The summed E-state index contributed by atoms with van der Waals surface area (Å²) in [6.45, 7) is 3.92. The van der Waals surface area contributed by atoms with E-state index in [9.17, 15) is 4.79 Å². The zero-order valence-corrected chi connectivity index (χ0v) is 12.4. The summed E-state index contributed by atoms with van der Waals surface area (Å²) in [6, 6.07) is 11.8. The maximum atomic E-state index is 10.8. The van der Waals surface area contributed by atoms with Crippen molar-refractivity contribution in [2.75, 3.05) is 19.6 Å². The van der Waals surface area contributed by atoms with E-state index in [1.165, 1.54) is 24.8 Å². The molecule has 3 rings (SSSR count). The first-order chi connectivity index (χ1) is 10.2. The van der Waals surface area contributed by atoms with E-state index in [1.807, 2.05) is 0 Å². The van der Waals surface area contributed by atoms with Crippen molar-refractivity contribution < 1.29 is 9.90 Å². The molecule has 1 saturated heterocycles. The second-order valence-electron chi connectivity index (χ2n) is 6.28. The minimum atomic E-state index is -0.681. The van der Waals surface area contributed by atoms with Gasteiger partial charge in [-0.25, -0.2) is 0 Å². The van der Waals surface area contributed by atoms with Crippen LogP contribution in [0.25, 0.3) is 0 Å². The molecule has 0 radical (unpaired) electrons. The fourth-order valence-electron chi connectivity index (χ4n) is 3.36. The molecule has 2 aliphatic rings. The Morgan fingerprint density at radius 1 is 1.19 bits per heavy atom. The largest absolute Gasteiger partial charge is 0.481 e. The van der Waals surface area contributed by atoms with E-state index in [-0.39, 0.29) is 6.42 Å². The summed E-state index contributed by atoms with van der Waals surface area (Å²) in [7, 11) is 0. The zero-order chi connectivity index (χ0) is 14.7. The minimum Gasteiger partial charge on any atom is -0.481 e. The van der Waals surface area contributed by atoms with E-state index >= 15 is 0 Å². The Bertz CT molecular complexity index is 473. The standard InChI is InChI=1S/C17H24N2O2/c20-17(21)9-11-19(15-6-7-15)16-8-10-18(13-16)12-14-4-2-1-3-5-14/h1-5,15-16H,6-13H2,(H,20,21). The van der Waals surface area contributed by atoms with Crippen molar-refractivity contribution in [3.63, 3.8) is 0 Å². The third-order valence-corrected chi connectivity index (χ3v) is 4.57. The number of hydrogen-bond acceptors (Lipinski definition) is 3. The van der Waals surface area contributed by atoms with Crippen molar-refractivity contribution in [1.82, 2.24) is 9.80 Å². The lowest BCUT2D eigenvalue weighted by Crippen LogP contribution is -2.40. The molecule has 1 aliphatic carbocycles. The van der Waals surface area contributed by atoms with E-state index in [0.717, 1.165) is 19.6 Å². The summed E-state index contributed by atoms with van der Waals surface area (Å²) in [4.78, 5) is 15.8. The van der Waals surface area contributed by atoms with Crippen LogP contribution in [0.4, 0.5) is 0 Å². The molecular weight excluding hydrogens is 264 g/mol. The first-order valence-electron chi connectivity index (χ1n) is 7.96. The highest BCUT2D eigenvalue weighted by Gasteiger charge is 2.36. The fraction of sp³-hybridized carbons (Fsp3) is 0.588. The Labute approximate surface area is 126 Å². The molecule has 0 spiro atoms. The quantitative estimate of drug-likeness (QED) is 0.835. The van der Waals surface area contributed by atoms with Crippen molar-refractivity contribution >= 4 is 5.97 Å². The Morgan fingerprint density at radius 3 is 2.62 bits per heavy atom.